The number of hydrogen-bond acceptors (Lipinski definition) is 2. The molecule has 0 saturated heterocycles. The molecule has 0 aromatic rings. The molecule has 0 saturated carbocycles. The molecule has 2 nitrogen and oxygen atoms in total. The monoisotopic (exact) mass is 192 g/mol. The zero-order valence-corrected chi connectivity index (χ0v) is 7.47. The van der Waals surface area contributed by atoms with Gasteiger partial charge in [-0.15, -0.1) is 13.2 Å². The van der Waals surface area contributed by atoms with E-state index >= 15 is 0 Å². The third kappa shape index (κ3) is 7.62. The van der Waals surface area contributed by atoms with Crippen LogP contribution in [0.2, 0.25) is 0 Å². The Kier molecular flexibility index (Phi) is 6.36. The van der Waals surface area contributed by atoms with E-state index in [1.165, 1.54) is 12.2 Å². The van der Waals surface area contributed by atoms with Gasteiger partial charge in [0.2, 0.25) is 0 Å². The Hall–Kier alpha value is -0.740. The van der Waals surface area contributed by atoms with E-state index in [2.05, 4.69) is 22.6 Å². The SMILES string of the molecule is C=CCOCC(F)(F)COCC=C. The average molecular weight is 192 g/mol. The van der Waals surface area contributed by atoms with Crippen LogP contribution in [-0.2, 0) is 9.47 Å². The molecule has 0 aromatic carbocycles. The van der Waals surface area contributed by atoms with Gasteiger partial charge in [0.15, 0.2) is 0 Å². The van der Waals surface area contributed by atoms with Gasteiger partial charge in [-0.05, 0) is 0 Å². The standard InChI is InChI=1S/C9H14F2O2/c1-3-5-12-7-9(10,11)8-13-6-4-2/h3-4H,1-2,5-8H2. The predicted octanol–water partition coefficient (Wildman–Crippen LogP) is 2.03. The lowest BCUT2D eigenvalue weighted by Crippen LogP contribution is -2.30. The highest BCUT2D eigenvalue weighted by atomic mass is 19.3. The van der Waals surface area contributed by atoms with Crippen LogP contribution in [-0.4, -0.2) is 32.4 Å². The lowest BCUT2D eigenvalue weighted by atomic mass is 10.4. The summed E-state index contributed by atoms with van der Waals surface area (Å²) in [6.07, 6.45) is 2.83. The Bertz CT molecular complexity index is 142. The maximum Gasteiger partial charge on any atom is 0.293 e. The number of rotatable bonds is 8. The summed E-state index contributed by atoms with van der Waals surface area (Å²) in [7, 11) is 0. The van der Waals surface area contributed by atoms with Crippen molar-refractivity contribution in [3.05, 3.63) is 25.3 Å². The minimum atomic E-state index is -2.94. The second-order valence-corrected chi connectivity index (χ2v) is 2.46. The van der Waals surface area contributed by atoms with Crippen LogP contribution < -0.4 is 0 Å². The van der Waals surface area contributed by atoms with Gasteiger partial charge in [0.25, 0.3) is 5.92 Å². The van der Waals surface area contributed by atoms with Crippen LogP contribution in [0.25, 0.3) is 0 Å². The summed E-state index contributed by atoms with van der Waals surface area (Å²) in [6.45, 7) is 5.64. The molecule has 0 N–H and O–H groups in total. The Balaban J connectivity index is 3.52. The molecule has 0 amide bonds. The molecule has 0 aromatic heterocycles. The fourth-order valence-electron chi connectivity index (χ4n) is 0.625. The Labute approximate surface area is 76.8 Å². The van der Waals surface area contributed by atoms with E-state index in [9.17, 15) is 8.78 Å². The normalized spacial score (nSPS) is 11.2. The van der Waals surface area contributed by atoms with E-state index < -0.39 is 19.1 Å². The maximum atomic E-state index is 12.8. The fourth-order valence-corrected chi connectivity index (χ4v) is 0.625. The summed E-state index contributed by atoms with van der Waals surface area (Å²) in [6, 6.07) is 0. The van der Waals surface area contributed by atoms with Gasteiger partial charge in [0, 0.05) is 0 Å². The second kappa shape index (κ2) is 6.74. The molecule has 0 radical (unpaired) electrons. The summed E-state index contributed by atoms with van der Waals surface area (Å²) >= 11 is 0. The predicted molar refractivity (Wildman–Crippen MR) is 47.0 cm³/mol. The molecule has 76 valence electrons. The van der Waals surface area contributed by atoms with Crippen LogP contribution in [0, 0.1) is 0 Å². The molecule has 0 unspecified atom stereocenters. The molecule has 0 bridgehead atoms. The molecule has 0 heterocycles. The van der Waals surface area contributed by atoms with Crippen LogP contribution >= 0.6 is 0 Å². The third-order valence-corrected chi connectivity index (χ3v) is 1.10. The van der Waals surface area contributed by atoms with Crippen molar-refractivity contribution in [3.63, 3.8) is 0 Å². The highest BCUT2D eigenvalue weighted by Gasteiger charge is 2.29. The molecule has 0 atom stereocenters. The van der Waals surface area contributed by atoms with Gasteiger partial charge in [0.1, 0.15) is 13.2 Å². The Morgan fingerprint density at radius 1 is 1.00 bits per heavy atom. The number of ether oxygens (including phenoxy) is 2. The second-order valence-electron chi connectivity index (χ2n) is 2.46. The van der Waals surface area contributed by atoms with Crippen molar-refractivity contribution in [2.45, 2.75) is 5.92 Å². The van der Waals surface area contributed by atoms with Gasteiger partial charge in [-0.25, -0.2) is 8.78 Å². The smallest absolute Gasteiger partial charge is 0.293 e. The first-order valence-corrected chi connectivity index (χ1v) is 3.87. The first-order chi connectivity index (χ1) is 6.12. The topological polar surface area (TPSA) is 18.5 Å². The summed E-state index contributed by atoms with van der Waals surface area (Å²) in [5, 5.41) is 0. The molecule has 0 aliphatic carbocycles. The van der Waals surface area contributed by atoms with Gasteiger partial charge in [-0.2, -0.15) is 0 Å². The zero-order chi connectivity index (χ0) is 10.2. The first kappa shape index (κ1) is 12.3. The van der Waals surface area contributed by atoms with Crippen LogP contribution in [0.3, 0.4) is 0 Å². The molecule has 4 heteroatoms. The zero-order valence-electron chi connectivity index (χ0n) is 7.47. The van der Waals surface area contributed by atoms with Gasteiger partial charge in [-0.1, -0.05) is 12.2 Å². The van der Waals surface area contributed by atoms with E-state index in [0.717, 1.165) is 0 Å². The highest BCUT2D eigenvalue weighted by molar-refractivity contribution is 4.70. The maximum absolute atomic E-state index is 12.8. The van der Waals surface area contributed by atoms with Crippen molar-refractivity contribution in [1.82, 2.24) is 0 Å². The molecule has 13 heavy (non-hydrogen) atoms. The van der Waals surface area contributed by atoms with Crippen LogP contribution in [0.4, 0.5) is 8.78 Å². The van der Waals surface area contributed by atoms with Crippen molar-refractivity contribution >= 4 is 0 Å². The molecule has 0 spiro atoms. The lowest BCUT2D eigenvalue weighted by Gasteiger charge is -2.15. The van der Waals surface area contributed by atoms with Gasteiger partial charge >= 0.3 is 0 Å². The van der Waals surface area contributed by atoms with Crippen molar-refractivity contribution in [2.24, 2.45) is 0 Å². The van der Waals surface area contributed by atoms with Crippen molar-refractivity contribution in [3.8, 4) is 0 Å². The summed E-state index contributed by atoms with van der Waals surface area (Å²) in [4.78, 5) is 0. The molecule has 0 fully saturated rings. The summed E-state index contributed by atoms with van der Waals surface area (Å²) in [5.74, 6) is -2.94. The highest BCUT2D eigenvalue weighted by Crippen LogP contribution is 2.13. The van der Waals surface area contributed by atoms with Crippen LogP contribution in [0.5, 0.6) is 0 Å². The van der Waals surface area contributed by atoms with E-state index in [-0.39, 0.29) is 13.2 Å². The minimum Gasteiger partial charge on any atom is -0.371 e. The van der Waals surface area contributed by atoms with Crippen LogP contribution in [0.1, 0.15) is 0 Å². The van der Waals surface area contributed by atoms with Gasteiger partial charge in [0.05, 0.1) is 13.2 Å². The number of alkyl halides is 2. The number of hydrogen-bond donors (Lipinski definition) is 0. The lowest BCUT2D eigenvalue weighted by molar-refractivity contribution is -0.116. The summed E-state index contributed by atoms with van der Waals surface area (Å²) < 4.78 is 34.7. The minimum absolute atomic E-state index is 0.122. The summed E-state index contributed by atoms with van der Waals surface area (Å²) in [5.41, 5.74) is 0. The number of halogens is 2. The Morgan fingerprint density at radius 2 is 1.38 bits per heavy atom. The van der Waals surface area contributed by atoms with E-state index in [1.807, 2.05) is 0 Å². The molecule has 0 aliphatic heterocycles. The average Bonchev–Trinajstić information content (AvgIpc) is 2.05. The molecular weight excluding hydrogens is 178 g/mol. The molecule has 0 aliphatic rings. The largest absolute Gasteiger partial charge is 0.371 e. The van der Waals surface area contributed by atoms with Gasteiger partial charge in [-0.3, -0.25) is 0 Å². The van der Waals surface area contributed by atoms with E-state index in [1.54, 1.807) is 0 Å². The molecule has 0 rings (SSSR count). The quantitative estimate of drug-likeness (QED) is 0.432. The van der Waals surface area contributed by atoms with E-state index in [0.29, 0.717) is 0 Å². The van der Waals surface area contributed by atoms with E-state index in [4.69, 9.17) is 0 Å². The van der Waals surface area contributed by atoms with Gasteiger partial charge < -0.3 is 9.47 Å². The van der Waals surface area contributed by atoms with Crippen molar-refractivity contribution < 1.29 is 18.3 Å². The third-order valence-electron chi connectivity index (χ3n) is 1.10. The molecular formula is C9H14F2O2. The fraction of sp³-hybridized carbons (Fsp3) is 0.556. The Morgan fingerprint density at radius 3 is 1.69 bits per heavy atom. The van der Waals surface area contributed by atoms with Crippen molar-refractivity contribution in [2.75, 3.05) is 26.4 Å². The van der Waals surface area contributed by atoms with Crippen molar-refractivity contribution in [1.29, 1.82) is 0 Å². The first-order valence-electron chi connectivity index (χ1n) is 3.87. The van der Waals surface area contributed by atoms with Crippen LogP contribution in [0.15, 0.2) is 25.3 Å².